The van der Waals surface area contributed by atoms with E-state index in [9.17, 15) is 19.5 Å². The second-order valence-corrected chi connectivity index (χ2v) is 9.18. The van der Waals surface area contributed by atoms with Crippen molar-refractivity contribution in [2.75, 3.05) is 13.1 Å². The summed E-state index contributed by atoms with van der Waals surface area (Å²) in [5.74, 6) is -0.353. The quantitative estimate of drug-likeness (QED) is 0.327. The van der Waals surface area contributed by atoms with Gasteiger partial charge in [0.25, 0.3) is 11.5 Å². The second kappa shape index (κ2) is 8.62. The molecular formula is C24H22N8O4. The number of aliphatic hydroxyl groups is 1. The third-order valence-electron chi connectivity index (χ3n) is 6.29. The van der Waals surface area contributed by atoms with Gasteiger partial charge < -0.3 is 14.9 Å². The zero-order valence-corrected chi connectivity index (χ0v) is 19.6. The highest BCUT2D eigenvalue weighted by molar-refractivity contribution is 6.01. The van der Waals surface area contributed by atoms with E-state index in [-0.39, 0.29) is 23.3 Å². The van der Waals surface area contributed by atoms with Crippen molar-refractivity contribution >= 4 is 33.8 Å². The number of nitrogens with one attached hydrogen (secondary N) is 1. The molecule has 36 heavy (non-hydrogen) atoms. The molecular weight excluding hydrogens is 464 g/mol. The fraction of sp³-hybridized carbons (Fsp3) is 0.333. The molecule has 0 radical (unpaired) electrons. The molecule has 4 aromatic heterocycles. The highest BCUT2D eigenvalue weighted by Crippen LogP contribution is 2.29. The minimum atomic E-state index is -1.48. The Kier molecular flexibility index (Phi) is 5.57. The monoisotopic (exact) mass is 486 g/mol. The van der Waals surface area contributed by atoms with Gasteiger partial charge in [-0.05, 0) is 38.8 Å². The molecule has 0 atom stereocenters. The van der Waals surface area contributed by atoms with Gasteiger partial charge >= 0.3 is 11.6 Å². The fourth-order valence-corrected chi connectivity index (χ4v) is 4.52. The van der Waals surface area contributed by atoms with Crippen molar-refractivity contribution in [3.8, 4) is 11.3 Å². The van der Waals surface area contributed by atoms with Crippen LogP contribution < -0.4 is 11.2 Å². The maximum atomic E-state index is 13.1. The highest BCUT2D eigenvalue weighted by Gasteiger charge is 2.33. The first-order valence-corrected chi connectivity index (χ1v) is 11.3. The molecule has 5 heterocycles. The summed E-state index contributed by atoms with van der Waals surface area (Å²) in [7, 11) is 0. The van der Waals surface area contributed by atoms with Crippen molar-refractivity contribution in [2.24, 2.45) is 0 Å². The minimum absolute atomic E-state index is 0.0152. The van der Waals surface area contributed by atoms with Crippen LogP contribution in [0, 0.1) is 6.57 Å². The van der Waals surface area contributed by atoms with Crippen LogP contribution in [0.15, 0.2) is 40.3 Å². The molecule has 4 aromatic rings. The van der Waals surface area contributed by atoms with E-state index in [2.05, 4.69) is 24.8 Å². The van der Waals surface area contributed by atoms with Gasteiger partial charge in [0.1, 0.15) is 11.1 Å². The van der Waals surface area contributed by atoms with Crippen LogP contribution >= 0.6 is 0 Å². The van der Waals surface area contributed by atoms with Crippen LogP contribution in [0.2, 0.25) is 0 Å². The average Bonchev–Trinajstić information content (AvgIpc) is 2.87. The third-order valence-corrected chi connectivity index (χ3v) is 6.29. The molecule has 0 spiro atoms. The van der Waals surface area contributed by atoms with Gasteiger partial charge in [-0.25, -0.2) is 9.78 Å². The van der Waals surface area contributed by atoms with Crippen molar-refractivity contribution in [1.82, 2.24) is 34.4 Å². The molecule has 1 aliphatic rings. The van der Waals surface area contributed by atoms with Gasteiger partial charge in [-0.15, -0.1) is 6.57 Å². The summed E-state index contributed by atoms with van der Waals surface area (Å²) < 4.78 is 1.53. The number of rotatable bonds is 3. The molecule has 1 fully saturated rings. The van der Waals surface area contributed by atoms with Crippen molar-refractivity contribution in [2.45, 2.75) is 38.3 Å². The van der Waals surface area contributed by atoms with Crippen LogP contribution in [0.4, 0.5) is 5.95 Å². The number of carbonyl (C=O) groups is 1. The summed E-state index contributed by atoms with van der Waals surface area (Å²) in [5.41, 5.74) is -0.307. The largest absolute Gasteiger partial charge is 0.394 e. The Morgan fingerprint density at radius 2 is 1.83 bits per heavy atom. The van der Waals surface area contributed by atoms with Crippen LogP contribution in [-0.4, -0.2) is 64.1 Å². The number of nitrogens with zero attached hydrogens (tertiary/aromatic N) is 7. The third kappa shape index (κ3) is 3.99. The highest BCUT2D eigenvalue weighted by atomic mass is 16.3. The van der Waals surface area contributed by atoms with E-state index in [0.29, 0.717) is 53.7 Å². The topological polar surface area (TPSA) is 151 Å². The van der Waals surface area contributed by atoms with Gasteiger partial charge in [-0.3, -0.25) is 24.1 Å². The molecule has 0 unspecified atom stereocenters. The van der Waals surface area contributed by atoms with Gasteiger partial charge in [0.05, 0.1) is 40.1 Å². The predicted octanol–water partition coefficient (Wildman–Crippen LogP) is 1.58. The molecule has 12 heteroatoms. The maximum Gasteiger partial charge on any atom is 0.371 e. The molecule has 0 saturated carbocycles. The van der Waals surface area contributed by atoms with E-state index in [0.717, 1.165) is 0 Å². The standard InChI is InChI=1S/C24H22N8O4/c1-24(2,36)21(34)31-8-6-14(7-9-31)32-19-15(20(33)30-23(32)35)12-26-17-5-4-16(29-18(17)19)13-10-27-22(25-3)28-11-13/h4-5,10-12,14,36H,6-9H2,1-2H3,(H,30,33,35). The Morgan fingerprint density at radius 1 is 1.14 bits per heavy atom. The molecule has 12 nitrogen and oxygen atoms in total. The lowest BCUT2D eigenvalue weighted by Gasteiger charge is -2.36. The number of hydrogen-bond acceptors (Lipinski definition) is 8. The number of carbonyl (C=O) groups excluding carboxylic acids is 1. The van der Waals surface area contributed by atoms with Gasteiger partial charge in [0.15, 0.2) is 0 Å². The zero-order chi connectivity index (χ0) is 25.6. The summed E-state index contributed by atoms with van der Waals surface area (Å²) in [6.07, 6.45) is 5.32. The lowest BCUT2D eigenvalue weighted by atomic mass is 10.0. The first-order chi connectivity index (χ1) is 17.2. The zero-order valence-electron chi connectivity index (χ0n) is 19.6. The van der Waals surface area contributed by atoms with Crippen LogP contribution in [0.25, 0.3) is 38.0 Å². The first kappa shape index (κ1) is 23.3. The second-order valence-electron chi connectivity index (χ2n) is 9.18. The number of H-pyrrole nitrogens is 1. The number of fused-ring (bicyclic) bond motifs is 3. The summed E-state index contributed by atoms with van der Waals surface area (Å²) in [4.78, 5) is 62.5. The summed E-state index contributed by atoms with van der Waals surface area (Å²) in [5, 5.41) is 10.3. The molecule has 1 aliphatic heterocycles. The fourth-order valence-electron chi connectivity index (χ4n) is 4.52. The molecule has 5 rings (SSSR count). The van der Waals surface area contributed by atoms with E-state index in [4.69, 9.17) is 11.6 Å². The molecule has 0 bridgehead atoms. The lowest BCUT2D eigenvalue weighted by Crippen LogP contribution is -2.49. The molecule has 1 saturated heterocycles. The molecule has 1 amide bonds. The first-order valence-electron chi connectivity index (χ1n) is 11.3. The minimum Gasteiger partial charge on any atom is -0.394 e. The number of aromatic amines is 1. The molecule has 182 valence electrons. The van der Waals surface area contributed by atoms with E-state index in [1.165, 1.54) is 37.0 Å². The Labute approximate surface area is 204 Å². The van der Waals surface area contributed by atoms with Gasteiger partial charge in [-0.2, -0.15) is 9.97 Å². The van der Waals surface area contributed by atoms with Crippen molar-refractivity contribution in [3.63, 3.8) is 0 Å². The van der Waals surface area contributed by atoms with Gasteiger partial charge in [-0.1, -0.05) is 0 Å². The summed E-state index contributed by atoms with van der Waals surface area (Å²) >= 11 is 0. The van der Waals surface area contributed by atoms with Crippen LogP contribution in [0.3, 0.4) is 0 Å². The summed E-state index contributed by atoms with van der Waals surface area (Å²) in [6.45, 7) is 10.6. The Hall–Kier alpha value is -4.50. The SMILES string of the molecule is [C-]#[N+]c1ncc(-c2ccc3ncc4c(=O)[nH]c(=O)n(C5CCN(C(=O)C(C)(C)O)CC5)c4c3n2)cn1. The van der Waals surface area contributed by atoms with E-state index < -0.39 is 16.9 Å². The van der Waals surface area contributed by atoms with Crippen LogP contribution in [-0.2, 0) is 4.79 Å². The normalized spacial score (nSPS) is 14.8. The van der Waals surface area contributed by atoms with Crippen LogP contribution in [0.5, 0.6) is 0 Å². The Bertz CT molecular complexity index is 1650. The summed E-state index contributed by atoms with van der Waals surface area (Å²) in [6, 6.07) is 3.16. The van der Waals surface area contributed by atoms with Crippen molar-refractivity contribution in [1.29, 1.82) is 0 Å². The predicted molar refractivity (Wildman–Crippen MR) is 130 cm³/mol. The van der Waals surface area contributed by atoms with E-state index in [1.54, 1.807) is 17.0 Å². The van der Waals surface area contributed by atoms with E-state index >= 15 is 0 Å². The average molecular weight is 486 g/mol. The molecule has 0 aliphatic carbocycles. The van der Waals surface area contributed by atoms with Crippen molar-refractivity contribution < 1.29 is 9.90 Å². The van der Waals surface area contributed by atoms with Crippen LogP contribution in [0.1, 0.15) is 32.7 Å². The Morgan fingerprint density at radius 3 is 2.47 bits per heavy atom. The number of hydrogen-bond donors (Lipinski definition) is 2. The molecule has 2 N–H and O–H groups in total. The van der Waals surface area contributed by atoms with Gasteiger partial charge in [0.2, 0.25) is 0 Å². The Balaban J connectivity index is 1.64. The molecule has 0 aromatic carbocycles. The van der Waals surface area contributed by atoms with Crippen molar-refractivity contribution in [3.05, 3.63) is 63.0 Å². The van der Waals surface area contributed by atoms with Gasteiger partial charge in [0, 0.05) is 25.3 Å². The lowest BCUT2D eigenvalue weighted by molar-refractivity contribution is -0.149. The number of piperidine rings is 1. The maximum absolute atomic E-state index is 13.1. The van der Waals surface area contributed by atoms with E-state index in [1.807, 2.05) is 0 Å². The number of likely N-dealkylation sites (tertiary alicyclic amines) is 1. The number of aromatic nitrogens is 6. The number of amides is 1. The smallest absolute Gasteiger partial charge is 0.371 e. The number of pyridine rings is 2.